The Morgan fingerprint density at radius 2 is 1.82 bits per heavy atom. The van der Waals surface area contributed by atoms with Crippen molar-refractivity contribution >= 4 is 17.6 Å². The molecule has 0 spiro atoms. The van der Waals surface area contributed by atoms with Gasteiger partial charge in [-0.1, -0.05) is 41.9 Å². The van der Waals surface area contributed by atoms with Gasteiger partial charge in [0.25, 0.3) is 0 Å². The molecule has 0 saturated carbocycles. The number of carbonyl (C=O) groups is 1. The first kappa shape index (κ1) is 11.7. The van der Waals surface area contributed by atoms with E-state index in [0.717, 1.165) is 16.7 Å². The highest BCUT2D eigenvalue weighted by Gasteiger charge is 2.09. The Kier molecular flexibility index (Phi) is 3.16. The molecule has 0 unspecified atom stereocenters. The van der Waals surface area contributed by atoms with Crippen LogP contribution >= 0.6 is 11.6 Å². The van der Waals surface area contributed by atoms with Crippen LogP contribution in [0.15, 0.2) is 42.5 Å². The Morgan fingerprint density at radius 1 is 1.12 bits per heavy atom. The molecule has 0 aliphatic carbocycles. The zero-order chi connectivity index (χ0) is 12.4. The molecule has 2 rings (SSSR count). The van der Waals surface area contributed by atoms with E-state index in [2.05, 4.69) is 0 Å². The topological polar surface area (TPSA) is 37.3 Å². The predicted molar refractivity (Wildman–Crippen MR) is 68.6 cm³/mol. The van der Waals surface area contributed by atoms with Gasteiger partial charge in [-0.3, -0.25) is 0 Å². The summed E-state index contributed by atoms with van der Waals surface area (Å²) in [6, 6.07) is 12.6. The van der Waals surface area contributed by atoms with Gasteiger partial charge in [0.2, 0.25) is 0 Å². The van der Waals surface area contributed by atoms with Crippen LogP contribution in [0.25, 0.3) is 11.1 Å². The van der Waals surface area contributed by atoms with Crippen molar-refractivity contribution in [3.8, 4) is 11.1 Å². The second kappa shape index (κ2) is 4.60. The van der Waals surface area contributed by atoms with E-state index in [4.69, 9.17) is 16.7 Å². The van der Waals surface area contributed by atoms with Gasteiger partial charge in [0.1, 0.15) is 0 Å². The number of hydrogen-bond acceptors (Lipinski definition) is 1. The van der Waals surface area contributed by atoms with Crippen molar-refractivity contribution in [3.05, 3.63) is 58.6 Å². The lowest BCUT2D eigenvalue weighted by molar-refractivity contribution is 0.0697. The van der Waals surface area contributed by atoms with Crippen LogP contribution in [0.2, 0.25) is 5.02 Å². The average Bonchev–Trinajstić information content (AvgIpc) is 2.30. The molecule has 0 bridgehead atoms. The summed E-state index contributed by atoms with van der Waals surface area (Å²) in [6.45, 7) is 2.00. The smallest absolute Gasteiger partial charge is 0.335 e. The van der Waals surface area contributed by atoms with Gasteiger partial charge in [-0.05, 0) is 30.2 Å². The maximum absolute atomic E-state index is 10.8. The molecule has 0 fully saturated rings. The lowest BCUT2D eigenvalue weighted by Gasteiger charge is -2.08. The second-order valence-corrected chi connectivity index (χ2v) is 4.22. The number of carboxylic acid groups (broad SMARTS) is 1. The first-order valence-electron chi connectivity index (χ1n) is 5.18. The van der Waals surface area contributed by atoms with E-state index in [9.17, 15) is 4.79 Å². The number of benzene rings is 2. The van der Waals surface area contributed by atoms with Crippen molar-refractivity contribution < 1.29 is 9.90 Å². The Hall–Kier alpha value is -1.80. The maximum atomic E-state index is 10.8. The standard InChI is InChI=1S/C14H11ClO2/c1-9-4-2-3-5-11(9)12-7-6-10(14(16)17)8-13(12)15/h2-8H,1H3,(H,16,17). The summed E-state index contributed by atoms with van der Waals surface area (Å²) in [6.07, 6.45) is 0. The van der Waals surface area contributed by atoms with E-state index >= 15 is 0 Å². The molecule has 2 aromatic rings. The molecule has 0 aliphatic heterocycles. The zero-order valence-electron chi connectivity index (χ0n) is 9.27. The molecule has 2 aromatic carbocycles. The van der Waals surface area contributed by atoms with Gasteiger partial charge >= 0.3 is 5.97 Å². The molecule has 0 saturated heterocycles. The molecular formula is C14H11ClO2. The molecule has 86 valence electrons. The van der Waals surface area contributed by atoms with E-state index in [-0.39, 0.29) is 5.56 Å². The third-order valence-electron chi connectivity index (χ3n) is 2.65. The highest BCUT2D eigenvalue weighted by atomic mass is 35.5. The van der Waals surface area contributed by atoms with Crippen LogP contribution in [0.1, 0.15) is 15.9 Å². The maximum Gasteiger partial charge on any atom is 0.335 e. The summed E-state index contributed by atoms with van der Waals surface area (Å²) in [5.74, 6) is -0.969. The molecule has 0 heterocycles. The molecule has 0 amide bonds. The fraction of sp³-hybridized carbons (Fsp3) is 0.0714. The molecule has 0 aromatic heterocycles. The van der Waals surface area contributed by atoms with Crippen LogP contribution < -0.4 is 0 Å². The fourth-order valence-corrected chi connectivity index (χ4v) is 2.02. The quantitative estimate of drug-likeness (QED) is 0.869. The van der Waals surface area contributed by atoms with E-state index in [1.54, 1.807) is 12.1 Å². The van der Waals surface area contributed by atoms with Gasteiger partial charge < -0.3 is 5.11 Å². The molecule has 0 radical (unpaired) electrons. The third-order valence-corrected chi connectivity index (χ3v) is 2.96. The van der Waals surface area contributed by atoms with Crippen LogP contribution in [0.3, 0.4) is 0 Å². The van der Waals surface area contributed by atoms with E-state index < -0.39 is 5.97 Å². The number of hydrogen-bond donors (Lipinski definition) is 1. The van der Waals surface area contributed by atoms with Crippen molar-refractivity contribution in [1.29, 1.82) is 0 Å². The van der Waals surface area contributed by atoms with Crippen LogP contribution in [0.4, 0.5) is 0 Å². The summed E-state index contributed by atoms with van der Waals surface area (Å²) in [5.41, 5.74) is 3.19. The lowest BCUT2D eigenvalue weighted by Crippen LogP contribution is -1.96. The summed E-state index contributed by atoms with van der Waals surface area (Å²) >= 11 is 6.12. The fourth-order valence-electron chi connectivity index (χ4n) is 1.74. The Bertz CT molecular complexity index is 576. The number of halogens is 1. The first-order chi connectivity index (χ1) is 8.09. The number of rotatable bonds is 2. The zero-order valence-corrected chi connectivity index (χ0v) is 10.0. The van der Waals surface area contributed by atoms with Gasteiger partial charge in [-0.2, -0.15) is 0 Å². The average molecular weight is 247 g/mol. The predicted octanol–water partition coefficient (Wildman–Crippen LogP) is 4.01. The van der Waals surface area contributed by atoms with Crippen LogP contribution in [-0.2, 0) is 0 Å². The number of aromatic carboxylic acids is 1. The van der Waals surface area contributed by atoms with Crippen molar-refractivity contribution in [2.45, 2.75) is 6.92 Å². The normalized spacial score (nSPS) is 10.2. The van der Waals surface area contributed by atoms with Gasteiger partial charge in [0.15, 0.2) is 0 Å². The van der Waals surface area contributed by atoms with Crippen molar-refractivity contribution in [2.75, 3.05) is 0 Å². The number of aryl methyl sites for hydroxylation is 1. The van der Waals surface area contributed by atoms with Crippen molar-refractivity contribution in [2.24, 2.45) is 0 Å². The van der Waals surface area contributed by atoms with Crippen LogP contribution in [-0.4, -0.2) is 11.1 Å². The summed E-state index contributed by atoms with van der Waals surface area (Å²) < 4.78 is 0. The highest BCUT2D eigenvalue weighted by molar-refractivity contribution is 6.33. The minimum atomic E-state index is -0.969. The minimum absolute atomic E-state index is 0.201. The second-order valence-electron chi connectivity index (χ2n) is 3.81. The molecule has 2 nitrogen and oxygen atoms in total. The monoisotopic (exact) mass is 246 g/mol. The summed E-state index contributed by atoms with van der Waals surface area (Å²) in [5, 5.41) is 9.32. The molecular weight excluding hydrogens is 236 g/mol. The Morgan fingerprint density at radius 3 is 2.41 bits per heavy atom. The van der Waals surface area contributed by atoms with Crippen molar-refractivity contribution in [3.63, 3.8) is 0 Å². The summed E-state index contributed by atoms with van der Waals surface area (Å²) in [4.78, 5) is 10.8. The SMILES string of the molecule is Cc1ccccc1-c1ccc(C(=O)O)cc1Cl. The molecule has 0 aliphatic rings. The third kappa shape index (κ3) is 2.32. The largest absolute Gasteiger partial charge is 0.478 e. The first-order valence-corrected chi connectivity index (χ1v) is 5.56. The van der Waals surface area contributed by atoms with Gasteiger partial charge in [-0.15, -0.1) is 0 Å². The van der Waals surface area contributed by atoms with Crippen molar-refractivity contribution in [1.82, 2.24) is 0 Å². The number of carboxylic acids is 1. The van der Waals surface area contributed by atoms with E-state index in [0.29, 0.717) is 5.02 Å². The molecule has 3 heteroatoms. The van der Waals surface area contributed by atoms with Crippen LogP contribution in [0, 0.1) is 6.92 Å². The molecule has 0 atom stereocenters. The lowest BCUT2D eigenvalue weighted by atomic mass is 9.99. The van der Waals surface area contributed by atoms with Gasteiger partial charge in [0.05, 0.1) is 5.56 Å². The Labute approximate surface area is 104 Å². The van der Waals surface area contributed by atoms with Gasteiger partial charge in [0, 0.05) is 10.6 Å². The minimum Gasteiger partial charge on any atom is -0.478 e. The van der Waals surface area contributed by atoms with Gasteiger partial charge in [-0.25, -0.2) is 4.79 Å². The molecule has 17 heavy (non-hydrogen) atoms. The highest BCUT2D eigenvalue weighted by Crippen LogP contribution is 2.30. The van der Waals surface area contributed by atoms with E-state index in [1.165, 1.54) is 6.07 Å². The summed E-state index contributed by atoms with van der Waals surface area (Å²) in [7, 11) is 0. The van der Waals surface area contributed by atoms with Crippen LogP contribution in [0.5, 0.6) is 0 Å². The Balaban J connectivity index is 2.55. The van der Waals surface area contributed by atoms with E-state index in [1.807, 2.05) is 31.2 Å². The molecule has 1 N–H and O–H groups in total.